The second-order valence-corrected chi connectivity index (χ2v) is 6.77. The van der Waals surface area contributed by atoms with E-state index in [2.05, 4.69) is 5.32 Å². The summed E-state index contributed by atoms with van der Waals surface area (Å²) in [5.74, 6) is 0.152. The number of ketones is 1. The number of nitrogens with one attached hydrogen (secondary N) is 2. The Balaban J connectivity index is 1.52. The maximum atomic E-state index is 12.5. The molecule has 2 N–H and O–H groups in total. The van der Waals surface area contributed by atoms with Gasteiger partial charge in [0.25, 0.3) is 11.8 Å². The molecule has 1 aliphatic heterocycles. The summed E-state index contributed by atoms with van der Waals surface area (Å²) in [6.07, 6.45) is 1.49. The van der Waals surface area contributed by atoms with Crippen molar-refractivity contribution < 1.29 is 23.7 Å². The number of rotatable bonds is 5. The number of carbonyl (C=O) groups excluding carboxylic acids is 3. The molecule has 7 nitrogen and oxygen atoms in total. The smallest absolute Gasteiger partial charge is 0.289 e. The van der Waals surface area contributed by atoms with Gasteiger partial charge >= 0.3 is 0 Å². The highest BCUT2D eigenvalue weighted by Gasteiger charge is 2.31. The van der Waals surface area contributed by atoms with Crippen LogP contribution in [-0.4, -0.2) is 54.7 Å². The average Bonchev–Trinajstić information content (AvgIpc) is 3.22. The van der Waals surface area contributed by atoms with Gasteiger partial charge in [0.15, 0.2) is 17.6 Å². The van der Waals surface area contributed by atoms with Crippen LogP contribution in [0.1, 0.15) is 34.8 Å². The highest BCUT2D eigenvalue weighted by molar-refractivity contribution is 5.96. The molecule has 2 aromatic rings. The summed E-state index contributed by atoms with van der Waals surface area (Å²) in [5, 5.41) is 2.89. The summed E-state index contributed by atoms with van der Waals surface area (Å²) >= 11 is 0. The van der Waals surface area contributed by atoms with Gasteiger partial charge in [0.2, 0.25) is 0 Å². The molecule has 0 unspecified atom stereocenters. The molecule has 1 aliphatic rings. The molecular weight excluding hydrogens is 346 g/mol. The van der Waals surface area contributed by atoms with Gasteiger partial charge in [0.05, 0.1) is 32.4 Å². The van der Waals surface area contributed by atoms with Crippen molar-refractivity contribution in [2.24, 2.45) is 0 Å². The van der Waals surface area contributed by atoms with Crippen LogP contribution in [0.4, 0.5) is 5.69 Å². The zero-order chi connectivity index (χ0) is 19.4. The molecule has 0 aliphatic carbocycles. The van der Waals surface area contributed by atoms with Crippen molar-refractivity contribution in [2.45, 2.75) is 19.9 Å². The van der Waals surface area contributed by atoms with Gasteiger partial charge in [-0.05, 0) is 50.2 Å². The predicted octanol–water partition coefficient (Wildman–Crippen LogP) is 0.850. The van der Waals surface area contributed by atoms with Crippen LogP contribution in [0.5, 0.6) is 0 Å². The number of quaternary nitrogens is 1. The lowest BCUT2D eigenvalue weighted by molar-refractivity contribution is -0.917. The molecule has 1 fully saturated rings. The van der Waals surface area contributed by atoms with E-state index in [0.29, 0.717) is 43.2 Å². The first kappa shape index (κ1) is 18.8. The van der Waals surface area contributed by atoms with E-state index in [9.17, 15) is 14.4 Å². The van der Waals surface area contributed by atoms with Crippen LogP contribution in [0, 0.1) is 0 Å². The summed E-state index contributed by atoms with van der Waals surface area (Å²) in [4.78, 5) is 39.1. The molecule has 1 saturated heterocycles. The quantitative estimate of drug-likeness (QED) is 0.765. The number of hydrogen-bond acceptors (Lipinski definition) is 4. The fourth-order valence-corrected chi connectivity index (χ4v) is 3.21. The first-order valence-electron chi connectivity index (χ1n) is 9.05. The third-order valence-electron chi connectivity index (χ3n) is 4.99. The highest BCUT2D eigenvalue weighted by atomic mass is 16.3. The van der Waals surface area contributed by atoms with Gasteiger partial charge in [-0.2, -0.15) is 0 Å². The Morgan fingerprint density at radius 1 is 1.11 bits per heavy atom. The summed E-state index contributed by atoms with van der Waals surface area (Å²) in [6, 6.07) is 9.99. The summed E-state index contributed by atoms with van der Waals surface area (Å²) < 4.78 is 5.17. The van der Waals surface area contributed by atoms with Gasteiger partial charge in [-0.3, -0.25) is 14.4 Å². The van der Waals surface area contributed by atoms with E-state index in [0.717, 1.165) is 4.90 Å². The molecule has 0 saturated carbocycles. The average molecular weight is 370 g/mol. The van der Waals surface area contributed by atoms with E-state index in [1.54, 1.807) is 41.3 Å². The molecule has 7 heteroatoms. The van der Waals surface area contributed by atoms with Crippen molar-refractivity contribution in [3.63, 3.8) is 0 Å². The second-order valence-electron chi connectivity index (χ2n) is 6.77. The Morgan fingerprint density at radius 3 is 2.33 bits per heavy atom. The van der Waals surface area contributed by atoms with Gasteiger partial charge < -0.3 is 19.5 Å². The Hall–Kier alpha value is -2.93. The van der Waals surface area contributed by atoms with Crippen LogP contribution in [0.15, 0.2) is 47.1 Å². The van der Waals surface area contributed by atoms with Gasteiger partial charge in [-0.25, -0.2) is 0 Å². The standard InChI is InChI=1S/C20H23N3O4/c1-14(19(25)21-17-7-5-16(6-8-17)15(2)24)22-9-11-23(12-10-22)20(26)18-4-3-13-27-18/h3-8,13-14H,9-12H2,1-2H3,(H,21,25)/p+1/t14-/m1/s1. The lowest BCUT2D eigenvalue weighted by Crippen LogP contribution is -3.19. The van der Waals surface area contributed by atoms with Crippen LogP contribution in [-0.2, 0) is 4.79 Å². The second kappa shape index (κ2) is 8.18. The number of benzene rings is 1. The van der Waals surface area contributed by atoms with Crippen LogP contribution >= 0.6 is 0 Å². The lowest BCUT2D eigenvalue weighted by Gasteiger charge is -2.34. The van der Waals surface area contributed by atoms with Crippen LogP contribution in [0.2, 0.25) is 0 Å². The topological polar surface area (TPSA) is 84.1 Å². The third-order valence-corrected chi connectivity index (χ3v) is 4.99. The van der Waals surface area contributed by atoms with Crippen molar-refractivity contribution in [3.8, 4) is 0 Å². The van der Waals surface area contributed by atoms with Gasteiger partial charge in [0, 0.05) is 11.3 Å². The minimum atomic E-state index is -0.238. The van der Waals surface area contributed by atoms with Crippen molar-refractivity contribution in [2.75, 3.05) is 31.5 Å². The third kappa shape index (κ3) is 4.43. The number of nitrogens with zero attached hydrogens (tertiary/aromatic N) is 1. The van der Waals surface area contributed by atoms with E-state index < -0.39 is 0 Å². The van der Waals surface area contributed by atoms with Crippen molar-refractivity contribution >= 4 is 23.3 Å². The summed E-state index contributed by atoms with van der Waals surface area (Å²) in [6.45, 7) is 5.96. The Morgan fingerprint density at radius 2 is 1.78 bits per heavy atom. The normalized spacial score (nSPS) is 16.0. The first-order valence-corrected chi connectivity index (χ1v) is 9.05. The Labute approximate surface area is 157 Å². The molecule has 0 bridgehead atoms. The molecule has 0 radical (unpaired) electrons. The van der Waals surface area contributed by atoms with Gasteiger partial charge in [-0.1, -0.05) is 0 Å². The maximum Gasteiger partial charge on any atom is 0.289 e. The lowest BCUT2D eigenvalue weighted by atomic mass is 10.1. The minimum absolute atomic E-state index is 0.00680. The number of piperazine rings is 1. The van der Waals surface area contributed by atoms with Gasteiger partial charge in [-0.15, -0.1) is 0 Å². The molecule has 3 rings (SSSR count). The SMILES string of the molecule is CC(=O)c1ccc(NC(=O)[C@@H](C)[NH+]2CCN(C(=O)c3ccco3)CC2)cc1. The van der Waals surface area contributed by atoms with Crippen LogP contribution in [0.25, 0.3) is 0 Å². The molecule has 2 amide bonds. The van der Waals surface area contributed by atoms with Crippen molar-refractivity contribution in [1.82, 2.24) is 4.90 Å². The zero-order valence-corrected chi connectivity index (χ0v) is 15.5. The summed E-state index contributed by atoms with van der Waals surface area (Å²) in [7, 11) is 0. The molecule has 1 aromatic heterocycles. The largest absolute Gasteiger partial charge is 0.459 e. The molecule has 142 valence electrons. The number of hydrogen-bond donors (Lipinski definition) is 2. The molecular formula is C20H24N3O4+. The Bertz CT molecular complexity index is 806. The molecule has 1 atom stereocenters. The van der Waals surface area contributed by atoms with E-state index in [1.807, 2.05) is 6.92 Å². The van der Waals surface area contributed by atoms with E-state index in [1.165, 1.54) is 13.2 Å². The van der Waals surface area contributed by atoms with Crippen molar-refractivity contribution in [1.29, 1.82) is 0 Å². The monoisotopic (exact) mass is 370 g/mol. The molecule has 0 spiro atoms. The number of anilines is 1. The fraction of sp³-hybridized carbons (Fsp3) is 0.350. The number of amides is 2. The maximum absolute atomic E-state index is 12.5. The van der Waals surface area contributed by atoms with E-state index in [-0.39, 0.29) is 23.6 Å². The van der Waals surface area contributed by atoms with E-state index >= 15 is 0 Å². The van der Waals surface area contributed by atoms with Crippen LogP contribution in [0.3, 0.4) is 0 Å². The predicted molar refractivity (Wildman–Crippen MR) is 99.8 cm³/mol. The molecule has 27 heavy (non-hydrogen) atoms. The number of Topliss-reactive ketones (excluding diaryl/α,β-unsaturated/α-hetero) is 1. The number of furan rings is 1. The molecule has 2 heterocycles. The zero-order valence-electron chi connectivity index (χ0n) is 15.5. The fourth-order valence-electron chi connectivity index (χ4n) is 3.21. The molecule has 1 aromatic carbocycles. The number of carbonyl (C=O) groups is 3. The minimum Gasteiger partial charge on any atom is -0.459 e. The van der Waals surface area contributed by atoms with Gasteiger partial charge in [0.1, 0.15) is 0 Å². The van der Waals surface area contributed by atoms with Crippen molar-refractivity contribution in [3.05, 3.63) is 54.0 Å². The first-order chi connectivity index (χ1) is 13.0. The highest BCUT2D eigenvalue weighted by Crippen LogP contribution is 2.10. The van der Waals surface area contributed by atoms with E-state index in [4.69, 9.17) is 4.42 Å². The van der Waals surface area contributed by atoms with Crippen LogP contribution < -0.4 is 10.2 Å². The Kier molecular flexibility index (Phi) is 5.71. The summed E-state index contributed by atoms with van der Waals surface area (Å²) in [5.41, 5.74) is 1.28.